The molecule has 0 bridgehead atoms. The second-order valence-electron chi connectivity index (χ2n) is 1.58. The fourth-order valence-corrected chi connectivity index (χ4v) is 0.450. The van der Waals surface area contributed by atoms with Crippen LogP contribution >= 0.6 is 0 Å². The van der Waals surface area contributed by atoms with Crippen LogP contribution in [0.2, 0.25) is 0 Å². The Morgan fingerprint density at radius 1 is 1.30 bits per heavy atom. The van der Waals surface area contributed by atoms with Crippen molar-refractivity contribution < 1.29 is 0 Å². The van der Waals surface area contributed by atoms with Gasteiger partial charge in [-0.05, 0) is 25.5 Å². The third-order valence-corrected chi connectivity index (χ3v) is 0.776. The Morgan fingerprint density at radius 2 is 1.80 bits per heavy atom. The SMILES string of the molecule is C/C=C\C(C)=C/C=N.CC. The van der Waals surface area contributed by atoms with E-state index >= 15 is 0 Å². The first-order chi connectivity index (χ1) is 4.81. The van der Waals surface area contributed by atoms with Crippen LogP contribution in [-0.2, 0) is 0 Å². The molecule has 0 aromatic carbocycles. The maximum absolute atomic E-state index is 6.68. The van der Waals surface area contributed by atoms with Gasteiger partial charge in [0.05, 0.1) is 0 Å². The Labute approximate surface area is 64.0 Å². The lowest BCUT2D eigenvalue weighted by molar-refractivity contribution is 1.50. The van der Waals surface area contributed by atoms with Crippen molar-refractivity contribution in [2.45, 2.75) is 27.7 Å². The Morgan fingerprint density at radius 3 is 2.10 bits per heavy atom. The van der Waals surface area contributed by atoms with Crippen molar-refractivity contribution in [3.05, 3.63) is 23.8 Å². The summed E-state index contributed by atoms with van der Waals surface area (Å²) in [4.78, 5) is 0. The molecule has 0 saturated carbocycles. The zero-order chi connectivity index (χ0) is 8.41. The fraction of sp³-hybridized carbons (Fsp3) is 0.444. The molecule has 0 aromatic heterocycles. The van der Waals surface area contributed by atoms with E-state index in [2.05, 4.69) is 0 Å². The first kappa shape index (κ1) is 11.9. The zero-order valence-electron chi connectivity index (χ0n) is 7.31. The molecule has 1 N–H and O–H groups in total. The van der Waals surface area contributed by atoms with Crippen LogP contribution in [0.5, 0.6) is 0 Å². The van der Waals surface area contributed by atoms with Gasteiger partial charge in [0.25, 0.3) is 0 Å². The average molecular weight is 139 g/mol. The van der Waals surface area contributed by atoms with E-state index in [9.17, 15) is 0 Å². The molecule has 1 heteroatoms. The van der Waals surface area contributed by atoms with Crippen molar-refractivity contribution in [1.82, 2.24) is 0 Å². The second-order valence-corrected chi connectivity index (χ2v) is 1.58. The summed E-state index contributed by atoms with van der Waals surface area (Å²) in [6, 6.07) is 0. The summed E-state index contributed by atoms with van der Waals surface area (Å²) in [5.74, 6) is 0. The molecule has 58 valence electrons. The van der Waals surface area contributed by atoms with Gasteiger partial charge in [-0.3, -0.25) is 0 Å². The van der Waals surface area contributed by atoms with Gasteiger partial charge in [-0.25, -0.2) is 0 Å². The van der Waals surface area contributed by atoms with E-state index in [0.29, 0.717) is 0 Å². The number of rotatable bonds is 2. The van der Waals surface area contributed by atoms with Crippen LogP contribution < -0.4 is 0 Å². The lowest BCUT2D eigenvalue weighted by atomic mass is 10.3. The Balaban J connectivity index is 0. The van der Waals surface area contributed by atoms with Gasteiger partial charge in [-0.1, -0.05) is 26.0 Å². The van der Waals surface area contributed by atoms with Gasteiger partial charge < -0.3 is 5.41 Å². The highest BCUT2D eigenvalue weighted by Gasteiger charge is 1.72. The fourth-order valence-electron chi connectivity index (χ4n) is 0.450. The summed E-state index contributed by atoms with van der Waals surface area (Å²) in [5.41, 5.74) is 1.11. The molecule has 0 saturated heterocycles. The molecular weight excluding hydrogens is 122 g/mol. The zero-order valence-corrected chi connectivity index (χ0v) is 7.31. The lowest BCUT2D eigenvalue weighted by Gasteiger charge is -1.82. The summed E-state index contributed by atoms with van der Waals surface area (Å²) in [7, 11) is 0. The van der Waals surface area contributed by atoms with E-state index < -0.39 is 0 Å². The normalized spacial score (nSPS) is 10.6. The molecule has 0 aromatic rings. The maximum Gasteiger partial charge on any atom is 0.0180 e. The predicted octanol–water partition coefficient (Wildman–Crippen LogP) is 3.18. The van der Waals surface area contributed by atoms with E-state index in [1.807, 2.05) is 39.8 Å². The number of nitrogens with one attached hydrogen (secondary N) is 1. The van der Waals surface area contributed by atoms with Gasteiger partial charge in [0.1, 0.15) is 0 Å². The van der Waals surface area contributed by atoms with Crippen molar-refractivity contribution in [2.75, 3.05) is 0 Å². The minimum absolute atomic E-state index is 1.11. The van der Waals surface area contributed by atoms with Crippen molar-refractivity contribution >= 4 is 6.21 Å². The van der Waals surface area contributed by atoms with Crippen LogP contribution in [0.25, 0.3) is 0 Å². The molecule has 0 heterocycles. The van der Waals surface area contributed by atoms with E-state index in [1.165, 1.54) is 6.21 Å². The summed E-state index contributed by atoms with van der Waals surface area (Å²) < 4.78 is 0. The lowest BCUT2D eigenvalue weighted by Crippen LogP contribution is -1.66. The van der Waals surface area contributed by atoms with Crippen LogP contribution in [0, 0.1) is 5.41 Å². The van der Waals surface area contributed by atoms with E-state index in [0.717, 1.165) is 5.57 Å². The third kappa shape index (κ3) is 10.2. The van der Waals surface area contributed by atoms with Crippen LogP contribution in [0.4, 0.5) is 0 Å². The van der Waals surface area contributed by atoms with Crippen LogP contribution in [0.15, 0.2) is 23.8 Å². The maximum atomic E-state index is 6.68. The Hall–Kier alpha value is -0.850. The van der Waals surface area contributed by atoms with Crippen molar-refractivity contribution in [3.63, 3.8) is 0 Å². The van der Waals surface area contributed by atoms with Crippen molar-refractivity contribution in [1.29, 1.82) is 5.41 Å². The highest BCUT2D eigenvalue weighted by Crippen LogP contribution is 1.90. The molecule has 0 spiro atoms. The van der Waals surface area contributed by atoms with E-state index in [4.69, 9.17) is 5.41 Å². The van der Waals surface area contributed by atoms with Crippen molar-refractivity contribution in [2.24, 2.45) is 0 Å². The van der Waals surface area contributed by atoms with E-state index in [1.54, 1.807) is 6.08 Å². The monoisotopic (exact) mass is 139 g/mol. The van der Waals surface area contributed by atoms with Gasteiger partial charge >= 0.3 is 0 Å². The molecule has 0 amide bonds. The Bertz CT molecular complexity index is 121. The molecule has 1 nitrogen and oxygen atoms in total. The second kappa shape index (κ2) is 11.0. The summed E-state index contributed by atoms with van der Waals surface area (Å²) in [6.07, 6.45) is 6.95. The average Bonchev–Trinajstić information content (AvgIpc) is 1.93. The first-order valence-corrected chi connectivity index (χ1v) is 3.61. The summed E-state index contributed by atoms with van der Waals surface area (Å²) in [5, 5.41) is 6.68. The standard InChI is InChI=1S/C7H11N.C2H6/c1-3-4-7(2)5-6-8;1-2/h3-6,8H,1-2H3;1-2H3/b4-3-,7-5-,8-6?;. The number of hydrogen-bond donors (Lipinski definition) is 1. The van der Waals surface area contributed by atoms with Crippen molar-refractivity contribution in [3.8, 4) is 0 Å². The van der Waals surface area contributed by atoms with Gasteiger partial charge in [0.2, 0.25) is 0 Å². The molecule has 0 aliphatic carbocycles. The smallest absolute Gasteiger partial charge is 0.0180 e. The minimum atomic E-state index is 1.11. The molecule has 0 rings (SSSR count). The highest BCUT2D eigenvalue weighted by molar-refractivity contribution is 5.69. The highest BCUT2D eigenvalue weighted by atomic mass is 14.3. The van der Waals surface area contributed by atoms with Crippen LogP contribution in [0.1, 0.15) is 27.7 Å². The van der Waals surface area contributed by atoms with Crippen LogP contribution in [-0.4, -0.2) is 6.21 Å². The Kier molecular flexibility index (Phi) is 13.1. The number of hydrogen-bond acceptors (Lipinski definition) is 1. The topological polar surface area (TPSA) is 23.9 Å². The third-order valence-electron chi connectivity index (χ3n) is 0.776. The van der Waals surface area contributed by atoms with Gasteiger partial charge in [0.15, 0.2) is 0 Å². The van der Waals surface area contributed by atoms with Gasteiger partial charge in [-0.2, -0.15) is 0 Å². The molecule has 0 radical (unpaired) electrons. The predicted molar refractivity (Wildman–Crippen MR) is 48.7 cm³/mol. The molecule has 0 aliphatic rings. The molecule has 0 unspecified atom stereocenters. The van der Waals surface area contributed by atoms with Crippen LogP contribution in [0.3, 0.4) is 0 Å². The van der Waals surface area contributed by atoms with Gasteiger partial charge in [0, 0.05) is 6.21 Å². The summed E-state index contributed by atoms with van der Waals surface area (Å²) >= 11 is 0. The molecule has 0 fully saturated rings. The summed E-state index contributed by atoms with van der Waals surface area (Å²) in [6.45, 7) is 7.92. The minimum Gasteiger partial charge on any atom is -0.309 e. The molecule has 0 atom stereocenters. The quantitative estimate of drug-likeness (QED) is 0.449. The van der Waals surface area contributed by atoms with E-state index in [-0.39, 0.29) is 0 Å². The molecule has 0 aliphatic heterocycles. The number of allylic oxidation sites excluding steroid dienone is 4. The largest absolute Gasteiger partial charge is 0.309 e. The first-order valence-electron chi connectivity index (χ1n) is 3.61. The van der Waals surface area contributed by atoms with Gasteiger partial charge in [-0.15, -0.1) is 0 Å². The molecular formula is C9H17N. The molecule has 10 heavy (non-hydrogen) atoms.